The summed E-state index contributed by atoms with van der Waals surface area (Å²) in [5, 5.41) is 18.8. The summed E-state index contributed by atoms with van der Waals surface area (Å²) in [7, 11) is 0. The summed E-state index contributed by atoms with van der Waals surface area (Å²) in [6.07, 6.45) is 19.2. The van der Waals surface area contributed by atoms with Gasteiger partial charge >= 0.3 is 0 Å². The van der Waals surface area contributed by atoms with Crippen LogP contribution in [-0.4, -0.2) is 48.2 Å². The first kappa shape index (κ1) is 32.3. The summed E-state index contributed by atoms with van der Waals surface area (Å²) >= 11 is 0. The second-order valence-electron chi connectivity index (χ2n) is 15.7. The highest BCUT2D eigenvalue weighted by Crippen LogP contribution is 2.67. The molecule has 244 valence electrons. The summed E-state index contributed by atoms with van der Waals surface area (Å²) in [6.45, 7) is 10.4. The number of fused-ring (bicyclic) bond motifs is 5. The molecule has 2 N–H and O–H groups in total. The number of carbonyl (C=O) groups is 1. The van der Waals surface area contributed by atoms with Gasteiger partial charge in [-0.1, -0.05) is 74.7 Å². The number of rotatable bonds is 8. The molecule has 0 radical (unpaired) electrons. The SMILES string of the molecule is C#C[C@]1(O)CC[C@@H]2[C@@H]3CCC4=CC(=NOCC(=O)NCC[C@@]5(c6ccccc6)CCO[C@@H](C(C)C)C5)CC[C@@]4(C)[C@H]3CC[C@]21C. The van der Waals surface area contributed by atoms with Crippen molar-refractivity contribution in [2.45, 2.75) is 115 Å². The van der Waals surface area contributed by atoms with E-state index in [1.807, 2.05) is 0 Å². The van der Waals surface area contributed by atoms with Gasteiger partial charge in [0.25, 0.3) is 5.91 Å². The van der Waals surface area contributed by atoms with E-state index in [0.717, 1.165) is 82.9 Å². The molecule has 4 aliphatic carbocycles. The molecular formula is C39H54N2O4. The van der Waals surface area contributed by atoms with Crippen molar-refractivity contribution >= 4 is 11.6 Å². The van der Waals surface area contributed by atoms with Crippen LogP contribution in [0.25, 0.3) is 0 Å². The maximum Gasteiger partial charge on any atom is 0.260 e. The normalized spacial score (nSPS) is 40.1. The van der Waals surface area contributed by atoms with Gasteiger partial charge in [0.15, 0.2) is 6.61 Å². The minimum atomic E-state index is -0.958. The third-order valence-corrected chi connectivity index (χ3v) is 13.3. The number of aliphatic hydroxyl groups is 1. The third kappa shape index (κ3) is 5.78. The third-order valence-electron chi connectivity index (χ3n) is 13.3. The molecule has 3 saturated carbocycles. The molecule has 0 spiro atoms. The number of allylic oxidation sites excluding steroid dienone is 2. The Morgan fingerprint density at radius 3 is 2.64 bits per heavy atom. The zero-order valence-corrected chi connectivity index (χ0v) is 27.9. The monoisotopic (exact) mass is 614 g/mol. The second kappa shape index (κ2) is 12.5. The molecule has 1 amide bonds. The summed E-state index contributed by atoms with van der Waals surface area (Å²) < 4.78 is 6.11. The Morgan fingerprint density at radius 1 is 1.11 bits per heavy atom. The second-order valence-corrected chi connectivity index (χ2v) is 15.7. The van der Waals surface area contributed by atoms with Gasteiger partial charge in [0.2, 0.25) is 0 Å². The Bertz CT molecular complexity index is 1350. The van der Waals surface area contributed by atoms with E-state index in [-0.39, 0.29) is 34.9 Å². The Labute approximate surface area is 270 Å². The highest BCUT2D eigenvalue weighted by Gasteiger charge is 2.63. The smallest absolute Gasteiger partial charge is 0.260 e. The molecule has 1 heterocycles. The minimum absolute atomic E-state index is 0.00000715. The standard InChI is InChI=1S/C39H54N2O4/c1-6-39(43)19-16-33-31-13-12-29-24-30(14-17-36(29,4)32(31)15-18-37(33,39)5)41-45-26-35(42)40-22-20-38(28-10-8-7-9-11-28)21-23-44-34(25-38)27(2)3/h1,7-11,24,27,31-34,43H,12-23,25-26H2,2-5H3,(H,40,42)/t31-,32+,33-,34-,36-,37-,38-,39+/m1/s1. The van der Waals surface area contributed by atoms with E-state index in [1.165, 1.54) is 11.1 Å². The molecule has 4 fully saturated rings. The number of ether oxygens (including phenoxy) is 1. The molecule has 5 aliphatic rings. The number of hydrogen-bond acceptors (Lipinski definition) is 5. The summed E-state index contributed by atoms with van der Waals surface area (Å²) in [4.78, 5) is 18.4. The first-order chi connectivity index (χ1) is 21.5. The Hall–Kier alpha value is -2.62. The van der Waals surface area contributed by atoms with Crippen LogP contribution in [0.2, 0.25) is 0 Å². The average Bonchev–Trinajstić information content (AvgIpc) is 3.32. The topological polar surface area (TPSA) is 80.2 Å². The van der Waals surface area contributed by atoms with Crippen LogP contribution in [0.15, 0.2) is 47.1 Å². The van der Waals surface area contributed by atoms with Crippen molar-refractivity contribution in [1.82, 2.24) is 5.32 Å². The highest BCUT2D eigenvalue weighted by molar-refractivity contribution is 5.96. The van der Waals surface area contributed by atoms with Crippen LogP contribution in [0.5, 0.6) is 0 Å². The maximum atomic E-state index is 12.8. The molecule has 1 aromatic rings. The highest BCUT2D eigenvalue weighted by atomic mass is 16.6. The zero-order chi connectivity index (χ0) is 31.9. The van der Waals surface area contributed by atoms with Crippen LogP contribution in [0.3, 0.4) is 0 Å². The number of carbonyl (C=O) groups excluding carboxylic acids is 1. The fourth-order valence-corrected chi connectivity index (χ4v) is 10.4. The van der Waals surface area contributed by atoms with Crippen LogP contribution < -0.4 is 5.32 Å². The maximum absolute atomic E-state index is 12.8. The molecule has 1 saturated heterocycles. The first-order valence-electron chi connectivity index (χ1n) is 17.6. The first-order valence-corrected chi connectivity index (χ1v) is 17.6. The fourth-order valence-electron chi connectivity index (χ4n) is 10.4. The molecule has 45 heavy (non-hydrogen) atoms. The number of benzene rings is 1. The van der Waals surface area contributed by atoms with Gasteiger partial charge in [-0.25, -0.2) is 0 Å². The number of nitrogens with one attached hydrogen (secondary N) is 1. The molecule has 1 aliphatic heterocycles. The average molecular weight is 615 g/mol. The van der Waals surface area contributed by atoms with E-state index in [1.54, 1.807) is 0 Å². The van der Waals surface area contributed by atoms with Crippen LogP contribution >= 0.6 is 0 Å². The lowest BCUT2D eigenvalue weighted by molar-refractivity contribution is -0.125. The molecular weight excluding hydrogens is 560 g/mol. The zero-order valence-electron chi connectivity index (χ0n) is 27.9. The van der Waals surface area contributed by atoms with Gasteiger partial charge in [-0.05, 0) is 111 Å². The van der Waals surface area contributed by atoms with E-state index in [0.29, 0.717) is 30.2 Å². The molecule has 0 bridgehead atoms. The van der Waals surface area contributed by atoms with Crippen LogP contribution in [-0.2, 0) is 19.8 Å². The quantitative estimate of drug-likeness (QED) is 0.245. The largest absolute Gasteiger partial charge is 0.385 e. The van der Waals surface area contributed by atoms with Gasteiger partial charge in [0, 0.05) is 24.0 Å². The molecule has 6 heteroatoms. The fraction of sp³-hybridized carbons (Fsp3) is 0.692. The molecule has 0 unspecified atom stereocenters. The van der Waals surface area contributed by atoms with E-state index in [9.17, 15) is 9.90 Å². The minimum Gasteiger partial charge on any atom is -0.385 e. The number of terminal acetylenes is 1. The van der Waals surface area contributed by atoms with Crippen molar-refractivity contribution in [2.24, 2.45) is 39.7 Å². The van der Waals surface area contributed by atoms with Crippen LogP contribution in [0.1, 0.15) is 104 Å². The Balaban J connectivity index is 1.03. The molecule has 0 aromatic heterocycles. The number of oxime groups is 1. The van der Waals surface area contributed by atoms with Gasteiger partial charge < -0.3 is 20.0 Å². The van der Waals surface area contributed by atoms with Crippen molar-refractivity contribution in [2.75, 3.05) is 19.8 Å². The summed E-state index contributed by atoms with van der Waals surface area (Å²) in [5.41, 5.74) is 2.80. The Morgan fingerprint density at radius 2 is 1.89 bits per heavy atom. The molecule has 6 rings (SSSR count). The lowest BCUT2D eigenvalue weighted by Gasteiger charge is -2.58. The molecule has 1 aromatic carbocycles. The number of hydrogen-bond donors (Lipinski definition) is 2. The summed E-state index contributed by atoms with van der Waals surface area (Å²) in [6, 6.07) is 10.7. The lowest BCUT2D eigenvalue weighted by atomic mass is 9.46. The lowest BCUT2D eigenvalue weighted by Crippen LogP contribution is -2.54. The predicted octanol–water partition coefficient (Wildman–Crippen LogP) is 6.97. The molecule has 8 atom stereocenters. The number of amides is 1. The van der Waals surface area contributed by atoms with Gasteiger partial charge in [-0.3, -0.25) is 4.79 Å². The Kier molecular flexibility index (Phi) is 9.00. The predicted molar refractivity (Wildman–Crippen MR) is 178 cm³/mol. The van der Waals surface area contributed by atoms with Gasteiger partial charge in [-0.2, -0.15) is 0 Å². The van der Waals surface area contributed by atoms with Crippen molar-refractivity contribution in [1.29, 1.82) is 0 Å². The van der Waals surface area contributed by atoms with E-state index in [4.69, 9.17) is 16.0 Å². The van der Waals surface area contributed by atoms with Crippen molar-refractivity contribution in [3.63, 3.8) is 0 Å². The van der Waals surface area contributed by atoms with Crippen molar-refractivity contribution in [3.05, 3.63) is 47.5 Å². The van der Waals surface area contributed by atoms with E-state index in [2.05, 4.69) is 80.5 Å². The summed E-state index contributed by atoms with van der Waals surface area (Å²) in [5.74, 6) is 4.86. The van der Waals surface area contributed by atoms with Gasteiger partial charge in [0.1, 0.15) is 5.60 Å². The van der Waals surface area contributed by atoms with E-state index < -0.39 is 5.60 Å². The molecule has 6 nitrogen and oxygen atoms in total. The van der Waals surface area contributed by atoms with Crippen molar-refractivity contribution < 1.29 is 19.5 Å². The number of nitrogens with zero attached hydrogens (tertiary/aromatic N) is 1. The van der Waals surface area contributed by atoms with E-state index >= 15 is 0 Å². The van der Waals surface area contributed by atoms with Crippen LogP contribution in [0.4, 0.5) is 0 Å². The van der Waals surface area contributed by atoms with Crippen LogP contribution in [0, 0.1) is 46.8 Å². The van der Waals surface area contributed by atoms with Crippen molar-refractivity contribution in [3.8, 4) is 12.3 Å². The van der Waals surface area contributed by atoms with Gasteiger partial charge in [0.05, 0.1) is 11.8 Å². The van der Waals surface area contributed by atoms with Gasteiger partial charge in [-0.15, -0.1) is 6.42 Å².